The van der Waals surface area contributed by atoms with Crippen LogP contribution in [0, 0.1) is 5.82 Å². The first-order valence-electron chi connectivity index (χ1n) is 8.15. The van der Waals surface area contributed by atoms with E-state index in [-0.39, 0.29) is 17.3 Å². The molecule has 1 amide bonds. The molecule has 2 aromatic carbocycles. The Kier molecular flexibility index (Phi) is 6.88. The molecule has 0 aliphatic rings. The molecule has 9 heteroatoms. The molecule has 1 heterocycles. The topological polar surface area (TPSA) is 59.8 Å². The minimum absolute atomic E-state index is 0.0609. The van der Waals surface area contributed by atoms with Crippen LogP contribution in [-0.4, -0.2) is 26.4 Å². The smallest absolute Gasteiger partial charge is 0.234 e. The average Bonchev–Trinajstić information content (AvgIpc) is 3.06. The van der Waals surface area contributed by atoms with Crippen LogP contribution in [-0.2, 0) is 11.3 Å². The van der Waals surface area contributed by atoms with Crippen molar-refractivity contribution in [3.63, 3.8) is 0 Å². The van der Waals surface area contributed by atoms with Gasteiger partial charge >= 0.3 is 0 Å². The van der Waals surface area contributed by atoms with Crippen molar-refractivity contribution >= 4 is 50.9 Å². The van der Waals surface area contributed by atoms with Crippen LogP contribution in [0.2, 0.25) is 5.02 Å². The molecule has 0 saturated carbocycles. The molecule has 0 radical (unpaired) electrons. The van der Waals surface area contributed by atoms with Gasteiger partial charge in [0, 0.05) is 21.6 Å². The first-order chi connectivity index (χ1) is 13.5. The van der Waals surface area contributed by atoms with Gasteiger partial charge in [0.25, 0.3) is 0 Å². The van der Waals surface area contributed by atoms with E-state index in [1.54, 1.807) is 24.3 Å². The van der Waals surface area contributed by atoms with Gasteiger partial charge < -0.3 is 5.32 Å². The third-order valence-corrected chi connectivity index (χ3v) is 5.38. The molecule has 3 rings (SSSR count). The van der Waals surface area contributed by atoms with Crippen molar-refractivity contribution in [3.8, 4) is 11.4 Å². The van der Waals surface area contributed by atoms with Crippen LogP contribution in [0.25, 0.3) is 11.4 Å². The lowest BCUT2D eigenvalue weighted by Gasteiger charge is -2.09. The van der Waals surface area contributed by atoms with E-state index in [0.717, 1.165) is 5.56 Å². The second-order valence-electron chi connectivity index (χ2n) is 5.67. The number of carbonyl (C=O) groups excluding carboxylic acids is 1. The Bertz CT molecular complexity index is 1010. The Balaban J connectivity index is 1.72. The summed E-state index contributed by atoms with van der Waals surface area (Å²) in [5.41, 5.74) is 0.982. The van der Waals surface area contributed by atoms with Gasteiger partial charge in [0.15, 0.2) is 11.0 Å². The number of amides is 1. The fourth-order valence-electron chi connectivity index (χ4n) is 2.41. The summed E-state index contributed by atoms with van der Waals surface area (Å²) in [6.07, 6.45) is 1.73. The number of hydrogen-bond acceptors (Lipinski definition) is 4. The van der Waals surface area contributed by atoms with Crippen molar-refractivity contribution < 1.29 is 9.18 Å². The van der Waals surface area contributed by atoms with Crippen molar-refractivity contribution in [2.45, 2.75) is 11.7 Å². The Hall–Kier alpha value is -2.16. The van der Waals surface area contributed by atoms with Crippen LogP contribution >= 0.6 is 39.3 Å². The van der Waals surface area contributed by atoms with Crippen LogP contribution < -0.4 is 5.32 Å². The van der Waals surface area contributed by atoms with Crippen LogP contribution in [0.1, 0.15) is 0 Å². The number of aromatic nitrogens is 3. The summed E-state index contributed by atoms with van der Waals surface area (Å²) in [5, 5.41) is 12.2. The number of allylic oxidation sites excluding steroid dienone is 1. The maximum atomic E-state index is 13.9. The Labute approximate surface area is 179 Å². The normalized spacial score (nSPS) is 10.7. The van der Waals surface area contributed by atoms with E-state index in [9.17, 15) is 9.18 Å². The largest absolute Gasteiger partial charge is 0.323 e. The first kappa shape index (κ1) is 20.6. The maximum absolute atomic E-state index is 13.9. The fourth-order valence-corrected chi connectivity index (χ4v) is 3.62. The molecule has 1 N–H and O–H groups in total. The minimum atomic E-state index is -0.507. The van der Waals surface area contributed by atoms with Crippen molar-refractivity contribution in [1.82, 2.24) is 14.8 Å². The highest BCUT2D eigenvalue weighted by atomic mass is 79.9. The number of halogens is 3. The molecule has 0 fully saturated rings. The van der Waals surface area contributed by atoms with Crippen molar-refractivity contribution in [2.75, 3.05) is 11.1 Å². The van der Waals surface area contributed by atoms with Crippen LogP contribution in [0.4, 0.5) is 10.1 Å². The van der Waals surface area contributed by atoms with Crippen molar-refractivity contribution in [1.29, 1.82) is 0 Å². The van der Waals surface area contributed by atoms with Gasteiger partial charge in [-0.15, -0.1) is 16.8 Å². The third kappa shape index (κ3) is 5.01. The molecule has 144 valence electrons. The molecule has 5 nitrogen and oxygen atoms in total. The molecular formula is C19H15BrClFN4OS. The fraction of sp³-hybridized carbons (Fsp3) is 0.105. The summed E-state index contributed by atoms with van der Waals surface area (Å²) in [6.45, 7) is 4.24. The highest BCUT2D eigenvalue weighted by molar-refractivity contribution is 9.10. The van der Waals surface area contributed by atoms with E-state index in [1.165, 1.54) is 23.9 Å². The van der Waals surface area contributed by atoms with Gasteiger partial charge in [-0.25, -0.2) is 4.39 Å². The van der Waals surface area contributed by atoms with Gasteiger partial charge in [0.05, 0.1) is 11.4 Å². The van der Waals surface area contributed by atoms with Gasteiger partial charge in [-0.05, 0) is 42.5 Å². The lowest BCUT2D eigenvalue weighted by atomic mass is 10.2. The number of carbonyl (C=O) groups is 1. The van der Waals surface area contributed by atoms with E-state index in [4.69, 9.17) is 11.6 Å². The highest BCUT2D eigenvalue weighted by Gasteiger charge is 2.15. The molecule has 0 saturated heterocycles. The Morgan fingerprint density at radius 3 is 2.71 bits per heavy atom. The molecule has 0 aliphatic carbocycles. The SMILES string of the molecule is C=CCn1c(SCC(=O)Nc2ccc(Br)cc2F)nnc1-c1ccc(Cl)cc1. The van der Waals surface area contributed by atoms with Gasteiger partial charge in [-0.1, -0.05) is 45.4 Å². The summed E-state index contributed by atoms with van der Waals surface area (Å²) in [5.74, 6) is -0.135. The highest BCUT2D eigenvalue weighted by Crippen LogP contribution is 2.26. The number of anilines is 1. The molecule has 28 heavy (non-hydrogen) atoms. The maximum Gasteiger partial charge on any atom is 0.234 e. The monoisotopic (exact) mass is 480 g/mol. The average molecular weight is 482 g/mol. The zero-order chi connectivity index (χ0) is 20.1. The number of rotatable bonds is 7. The van der Waals surface area contributed by atoms with Gasteiger partial charge in [0.2, 0.25) is 5.91 Å². The van der Waals surface area contributed by atoms with E-state index in [0.29, 0.717) is 27.0 Å². The summed E-state index contributed by atoms with van der Waals surface area (Å²) >= 11 is 10.3. The van der Waals surface area contributed by atoms with Crippen molar-refractivity contribution in [2.24, 2.45) is 0 Å². The first-order valence-corrected chi connectivity index (χ1v) is 10.3. The lowest BCUT2D eigenvalue weighted by Crippen LogP contribution is -2.15. The van der Waals surface area contributed by atoms with Gasteiger partial charge in [-0.3, -0.25) is 9.36 Å². The zero-order valence-corrected chi connectivity index (χ0v) is 17.7. The van der Waals surface area contributed by atoms with E-state index < -0.39 is 5.82 Å². The number of thioether (sulfide) groups is 1. The standard InChI is InChI=1S/C19H15BrClFN4OS/c1-2-9-26-18(12-3-6-14(21)7-4-12)24-25-19(26)28-11-17(27)23-16-8-5-13(20)10-15(16)22/h2-8,10H,1,9,11H2,(H,23,27). The Morgan fingerprint density at radius 1 is 1.29 bits per heavy atom. The second kappa shape index (κ2) is 9.36. The number of nitrogens with one attached hydrogen (secondary N) is 1. The summed E-state index contributed by atoms with van der Waals surface area (Å²) in [7, 11) is 0. The Morgan fingerprint density at radius 2 is 2.04 bits per heavy atom. The molecule has 0 aliphatic heterocycles. The van der Waals surface area contributed by atoms with E-state index >= 15 is 0 Å². The van der Waals surface area contributed by atoms with Crippen LogP contribution in [0.5, 0.6) is 0 Å². The number of nitrogens with zero attached hydrogens (tertiary/aromatic N) is 3. The predicted octanol–water partition coefficient (Wildman–Crippen LogP) is 5.42. The molecule has 0 spiro atoms. The predicted molar refractivity (Wildman–Crippen MR) is 114 cm³/mol. The minimum Gasteiger partial charge on any atom is -0.323 e. The molecule has 1 aromatic heterocycles. The molecular weight excluding hydrogens is 467 g/mol. The zero-order valence-electron chi connectivity index (χ0n) is 14.5. The quantitative estimate of drug-likeness (QED) is 0.362. The van der Waals surface area contributed by atoms with Gasteiger partial charge in [0.1, 0.15) is 5.82 Å². The van der Waals surface area contributed by atoms with E-state index in [2.05, 4.69) is 38.0 Å². The molecule has 3 aromatic rings. The molecule has 0 atom stereocenters. The second-order valence-corrected chi connectivity index (χ2v) is 7.97. The summed E-state index contributed by atoms with van der Waals surface area (Å²) in [6, 6.07) is 11.7. The number of hydrogen-bond donors (Lipinski definition) is 1. The number of benzene rings is 2. The third-order valence-electron chi connectivity index (χ3n) is 3.67. The lowest BCUT2D eigenvalue weighted by molar-refractivity contribution is -0.113. The van der Waals surface area contributed by atoms with Crippen LogP contribution in [0.3, 0.4) is 0 Å². The van der Waals surface area contributed by atoms with Crippen molar-refractivity contribution in [3.05, 3.63) is 70.4 Å². The molecule has 0 bridgehead atoms. The van der Waals surface area contributed by atoms with Crippen LogP contribution in [0.15, 0.2) is 64.7 Å². The molecule has 0 unspecified atom stereocenters. The van der Waals surface area contributed by atoms with E-state index in [1.807, 2.05) is 16.7 Å². The van der Waals surface area contributed by atoms with Gasteiger partial charge in [-0.2, -0.15) is 0 Å². The summed E-state index contributed by atoms with van der Waals surface area (Å²) < 4.78 is 16.3. The summed E-state index contributed by atoms with van der Waals surface area (Å²) in [4.78, 5) is 12.2.